The number of likely N-dealkylation sites (tertiary alicyclic amines) is 1. The summed E-state index contributed by atoms with van der Waals surface area (Å²) in [6, 6.07) is 29.7. The molecule has 8 heteroatoms. The van der Waals surface area contributed by atoms with Gasteiger partial charge < -0.3 is 24.8 Å². The number of carboxylic acid groups (broad SMARTS) is 1. The monoisotopic (exact) mass is 611 g/mol. The first kappa shape index (κ1) is 31.6. The minimum Gasteiger partial charge on any atom is -0.508 e. The van der Waals surface area contributed by atoms with Gasteiger partial charge in [-0.3, -0.25) is 14.1 Å². The molecule has 7 nitrogen and oxygen atoms in total. The van der Waals surface area contributed by atoms with Crippen molar-refractivity contribution in [3.05, 3.63) is 119 Å². The SMILES string of the molecule is CC1=C(c2cccc(O)c2)[C@H](c2ccc(OCCN3CC(CF)C3)cc2)Oc2ccc(O)cc21.O=C(O)CCc1ccccc1. The molecule has 0 aromatic heterocycles. The van der Waals surface area contributed by atoms with Gasteiger partial charge in [0.2, 0.25) is 0 Å². The molecule has 1 atom stereocenters. The summed E-state index contributed by atoms with van der Waals surface area (Å²) in [5.74, 6) is 1.27. The van der Waals surface area contributed by atoms with Crippen molar-refractivity contribution in [3.8, 4) is 23.0 Å². The Labute approximate surface area is 262 Å². The molecule has 2 aliphatic heterocycles. The average Bonchev–Trinajstić information content (AvgIpc) is 3.02. The maximum atomic E-state index is 12.6. The van der Waals surface area contributed by atoms with E-state index in [1.807, 2.05) is 73.7 Å². The van der Waals surface area contributed by atoms with E-state index < -0.39 is 5.97 Å². The van der Waals surface area contributed by atoms with Crippen molar-refractivity contribution < 1.29 is 34.0 Å². The predicted molar refractivity (Wildman–Crippen MR) is 172 cm³/mol. The van der Waals surface area contributed by atoms with E-state index in [4.69, 9.17) is 14.6 Å². The molecule has 0 radical (unpaired) electrons. The molecular formula is C37H38FNO6. The second-order valence-electron chi connectivity index (χ2n) is 11.3. The molecule has 45 heavy (non-hydrogen) atoms. The van der Waals surface area contributed by atoms with Gasteiger partial charge in [0, 0.05) is 43.1 Å². The van der Waals surface area contributed by atoms with Crippen LogP contribution < -0.4 is 9.47 Å². The lowest BCUT2D eigenvalue weighted by Gasteiger charge is -2.37. The number of aromatic hydroxyl groups is 2. The molecule has 0 bridgehead atoms. The minimum absolute atomic E-state index is 0.176. The number of nitrogens with zero attached hydrogens (tertiary/aromatic N) is 1. The zero-order valence-corrected chi connectivity index (χ0v) is 25.2. The van der Waals surface area contributed by atoms with E-state index in [0.717, 1.165) is 58.8 Å². The third kappa shape index (κ3) is 8.22. The number of aryl methyl sites for hydroxylation is 1. The number of carboxylic acids is 1. The number of hydrogen-bond acceptors (Lipinski definition) is 6. The lowest BCUT2D eigenvalue weighted by atomic mass is 9.86. The highest BCUT2D eigenvalue weighted by molar-refractivity contribution is 5.95. The zero-order chi connectivity index (χ0) is 31.8. The van der Waals surface area contributed by atoms with Crippen LogP contribution in [0.5, 0.6) is 23.0 Å². The normalized spacial score (nSPS) is 16.1. The molecule has 6 rings (SSSR count). The van der Waals surface area contributed by atoms with E-state index in [2.05, 4.69) is 4.90 Å². The summed E-state index contributed by atoms with van der Waals surface area (Å²) < 4.78 is 24.9. The number of carbonyl (C=O) groups is 1. The molecule has 2 aliphatic rings. The Bertz CT molecular complexity index is 1620. The topological polar surface area (TPSA) is 99.5 Å². The van der Waals surface area contributed by atoms with Gasteiger partial charge in [0.1, 0.15) is 35.7 Å². The first-order valence-corrected chi connectivity index (χ1v) is 15.1. The minimum atomic E-state index is -0.742. The molecule has 3 N–H and O–H groups in total. The molecule has 0 aliphatic carbocycles. The number of allylic oxidation sites excluding steroid dienone is 1. The summed E-state index contributed by atoms with van der Waals surface area (Å²) in [4.78, 5) is 12.4. The van der Waals surface area contributed by atoms with Gasteiger partial charge in [-0.05, 0) is 78.1 Å². The van der Waals surface area contributed by atoms with Crippen LogP contribution in [0, 0.1) is 5.92 Å². The van der Waals surface area contributed by atoms with Crippen molar-refractivity contribution in [2.24, 2.45) is 5.92 Å². The van der Waals surface area contributed by atoms with Gasteiger partial charge in [-0.2, -0.15) is 0 Å². The highest BCUT2D eigenvalue weighted by atomic mass is 19.1. The van der Waals surface area contributed by atoms with Crippen LogP contribution in [-0.2, 0) is 11.2 Å². The summed E-state index contributed by atoms with van der Waals surface area (Å²) in [6.45, 7) is 4.72. The van der Waals surface area contributed by atoms with Gasteiger partial charge in [-0.1, -0.05) is 54.6 Å². The van der Waals surface area contributed by atoms with Crippen LogP contribution in [-0.4, -0.2) is 59.1 Å². The highest BCUT2D eigenvalue weighted by Gasteiger charge is 2.30. The molecule has 0 spiro atoms. The second-order valence-corrected chi connectivity index (χ2v) is 11.3. The van der Waals surface area contributed by atoms with E-state index >= 15 is 0 Å². The van der Waals surface area contributed by atoms with Gasteiger partial charge >= 0.3 is 5.97 Å². The van der Waals surface area contributed by atoms with E-state index in [1.54, 1.807) is 30.3 Å². The van der Waals surface area contributed by atoms with Crippen LogP contribution in [0.4, 0.5) is 4.39 Å². The number of halogens is 1. The molecule has 1 saturated heterocycles. The number of phenolic OH excluding ortho intramolecular Hbond substituents is 2. The van der Waals surface area contributed by atoms with Crippen molar-refractivity contribution in [1.82, 2.24) is 4.90 Å². The summed E-state index contributed by atoms with van der Waals surface area (Å²) in [6.07, 6.45) is 0.451. The Balaban J connectivity index is 0.000000309. The molecule has 2 heterocycles. The maximum Gasteiger partial charge on any atom is 0.303 e. The third-order valence-electron chi connectivity index (χ3n) is 8.02. The lowest BCUT2D eigenvalue weighted by Crippen LogP contribution is -2.49. The Morgan fingerprint density at radius 3 is 2.36 bits per heavy atom. The van der Waals surface area contributed by atoms with Crippen LogP contribution in [0.25, 0.3) is 11.1 Å². The largest absolute Gasteiger partial charge is 0.508 e. The fourth-order valence-electron chi connectivity index (χ4n) is 5.60. The van der Waals surface area contributed by atoms with Gasteiger partial charge in [-0.15, -0.1) is 0 Å². The smallest absolute Gasteiger partial charge is 0.303 e. The molecule has 0 saturated carbocycles. The summed E-state index contributed by atoms with van der Waals surface area (Å²) in [7, 11) is 0. The van der Waals surface area contributed by atoms with Crippen LogP contribution in [0.1, 0.15) is 41.7 Å². The van der Waals surface area contributed by atoms with Crippen molar-refractivity contribution in [3.63, 3.8) is 0 Å². The van der Waals surface area contributed by atoms with Crippen LogP contribution >= 0.6 is 0 Å². The Kier molecular flexibility index (Phi) is 10.4. The number of fused-ring (bicyclic) bond motifs is 1. The third-order valence-corrected chi connectivity index (χ3v) is 8.02. The van der Waals surface area contributed by atoms with Crippen molar-refractivity contribution in [2.45, 2.75) is 25.9 Å². The van der Waals surface area contributed by atoms with Crippen molar-refractivity contribution in [1.29, 1.82) is 0 Å². The van der Waals surface area contributed by atoms with Gasteiger partial charge in [0.15, 0.2) is 0 Å². The summed E-state index contributed by atoms with van der Waals surface area (Å²) in [5, 5.41) is 28.5. The zero-order valence-electron chi connectivity index (χ0n) is 25.2. The number of alkyl halides is 1. The Hall–Kier alpha value is -4.82. The van der Waals surface area contributed by atoms with Crippen molar-refractivity contribution in [2.75, 3.05) is 32.9 Å². The second kappa shape index (κ2) is 14.8. The fraction of sp³-hybridized carbons (Fsp3) is 0.270. The fourth-order valence-corrected chi connectivity index (χ4v) is 5.60. The highest BCUT2D eigenvalue weighted by Crippen LogP contribution is 2.47. The summed E-state index contributed by atoms with van der Waals surface area (Å²) in [5.41, 5.74) is 5.64. The first-order chi connectivity index (χ1) is 21.8. The van der Waals surface area contributed by atoms with E-state index in [0.29, 0.717) is 18.8 Å². The summed E-state index contributed by atoms with van der Waals surface area (Å²) >= 11 is 0. The number of ether oxygens (including phenoxy) is 2. The van der Waals surface area contributed by atoms with Crippen LogP contribution in [0.2, 0.25) is 0 Å². The van der Waals surface area contributed by atoms with E-state index in [-0.39, 0.29) is 36.6 Å². The lowest BCUT2D eigenvalue weighted by molar-refractivity contribution is -0.136. The van der Waals surface area contributed by atoms with E-state index in [1.165, 1.54) is 0 Å². The number of phenols is 2. The molecule has 4 aromatic rings. The first-order valence-electron chi connectivity index (χ1n) is 15.1. The molecular weight excluding hydrogens is 573 g/mol. The number of aliphatic carboxylic acids is 1. The number of benzene rings is 4. The molecule has 234 valence electrons. The van der Waals surface area contributed by atoms with Crippen LogP contribution in [0.3, 0.4) is 0 Å². The Morgan fingerprint density at radius 1 is 0.933 bits per heavy atom. The van der Waals surface area contributed by atoms with Crippen molar-refractivity contribution >= 4 is 17.1 Å². The van der Waals surface area contributed by atoms with Crippen LogP contribution in [0.15, 0.2) is 97.1 Å². The predicted octanol–water partition coefficient (Wildman–Crippen LogP) is 7.15. The number of rotatable bonds is 10. The Morgan fingerprint density at radius 2 is 1.67 bits per heavy atom. The van der Waals surface area contributed by atoms with Gasteiger partial charge in [0.05, 0.1) is 6.67 Å². The molecule has 0 amide bonds. The number of hydrogen-bond donors (Lipinski definition) is 3. The molecule has 0 unspecified atom stereocenters. The van der Waals surface area contributed by atoms with Gasteiger partial charge in [0.25, 0.3) is 0 Å². The molecule has 1 fully saturated rings. The standard InChI is InChI=1S/C28H28FNO4.C9H10O2/c1-18-25-14-23(32)7-10-26(25)34-28(27(18)21-3-2-4-22(31)13-21)20-5-8-24(9-6-20)33-12-11-30-16-19(15-29)17-30;10-9(11)7-6-8-4-2-1-3-5-8/h2-10,13-14,19,28,31-32H,11-12,15-17H2,1H3;1-5H,6-7H2,(H,10,11)/t28-;/m0./s1. The van der Waals surface area contributed by atoms with E-state index in [9.17, 15) is 19.4 Å². The average molecular weight is 612 g/mol. The van der Waals surface area contributed by atoms with Gasteiger partial charge in [-0.25, -0.2) is 0 Å². The molecule has 4 aromatic carbocycles. The quantitative estimate of drug-likeness (QED) is 0.175. The maximum absolute atomic E-state index is 12.6.